The minimum Gasteiger partial charge on any atom is -0.453 e. The van der Waals surface area contributed by atoms with Crippen molar-refractivity contribution in [3.05, 3.63) is 95.6 Å². The standard InChI is InChI=1S/C27H30N4O3/c1-34-27(33)29-25-9-5-8-23(18-25)26(32)28-24-12-10-22(11-13-24)20-31-16-14-30(15-17-31)19-21-6-3-2-4-7-21/h2-13,18H,14-17,19-20H2,1H3,(H,28,32)(H,29,33). The predicted octanol–water partition coefficient (Wildman–Crippen LogP) is 4.44. The second-order valence-corrected chi connectivity index (χ2v) is 8.39. The molecule has 7 heteroatoms. The molecule has 0 saturated carbocycles. The normalized spacial score (nSPS) is 14.4. The second-order valence-electron chi connectivity index (χ2n) is 8.39. The van der Waals surface area contributed by atoms with E-state index in [2.05, 4.69) is 67.6 Å². The Hall–Kier alpha value is -3.68. The van der Waals surface area contributed by atoms with E-state index in [0.717, 1.165) is 45.0 Å². The second kappa shape index (κ2) is 11.4. The van der Waals surface area contributed by atoms with E-state index in [-0.39, 0.29) is 5.91 Å². The summed E-state index contributed by atoms with van der Waals surface area (Å²) in [5.41, 5.74) is 4.26. The number of hydrogen-bond acceptors (Lipinski definition) is 5. The van der Waals surface area contributed by atoms with Gasteiger partial charge in [-0.1, -0.05) is 48.5 Å². The van der Waals surface area contributed by atoms with Crippen molar-refractivity contribution in [2.24, 2.45) is 0 Å². The molecule has 1 aliphatic heterocycles. The molecule has 0 radical (unpaired) electrons. The fourth-order valence-electron chi connectivity index (χ4n) is 4.01. The van der Waals surface area contributed by atoms with E-state index < -0.39 is 6.09 Å². The number of benzene rings is 3. The van der Waals surface area contributed by atoms with Crippen LogP contribution in [0.5, 0.6) is 0 Å². The number of rotatable bonds is 7. The van der Waals surface area contributed by atoms with Crippen molar-refractivity contribution in [1.82, 2.24) is 9.80 Å². The fraction of sp³-hybridized carbons (Fsp3) is 0.259. The minimum absolute atomic E-state index is 0.240. The van der Waals surface area contributed by atoms with E-state index in [9.17, 15) is 9.59 Å². The fourth-order valence-corrected chi connectivity index (χ4v) is 4.01. The number of methoxy groups -OCH3 is 1. The van der Waals surface area contributed by atoms with Gasteiger partial charge in [-0.25, -0.2) is 4.79 Å². The number of piperazine rings is 1. The monoisotopic (exact) mass is 458 g/mol. The van der Waals surface area contributed by atoms with Gasteiger partial charge >= 0.3 is 6.09 Å². The van der Waals surface area contributed by atoms with Crippen LogP contribution in [0.1, 0.15) is 21.5 Å². The smallest absolute Gasteiger partial charge is 0.411 e. The van der Waals surface area contributed by atoms with Crippen LogP contribution in [0.4, 0.5) is 16.2 Å². The highest BCUT2D eigenvalue weighted by Crippen LogP contribution is 2.17. The number of hydrogen-bond donors (Lipinski definition) is 2. The zero-order chi connectivity index (χ0) is 23.8. The molecule has 1 fully saturated rings. The van der Waals surface area contributed by atoms with Gasteiger partial charge in [0, 0.05) is 56.2 Å². The molecule has 0 spiro atoms. The molecule has 0 unspecified atom stereocenters. The highest BCUT2D eigenvalue weighted by atomic mass is 16.5. The summed E-state index contributed by atoms with van der Waals surface area (Å²) in [6, 6.07) is 25.3. The Labute approximate surface area is 200 Å². The highest BCUT2D eigenvalue weighted by Gasteiger charge is 2.17. The molecule has 0 atom stereocenters. The SMILES string of the molecule is COC(=O)Nc1cccc(C(=O)Nc2ccc(CN3CCN(Cc4ccccc4)CC3)cc2)c1. The Balaban J connectivity index is 1.25. The average Bonchev–Trinajstić information content (AvgIpc) is 2.87. The molecule has 7 nitrogen and oxygen atoms in total. The first-order valence-corrected chi connectivity index (χ1v) is 11.4. The number of ether oxygens (including phenoxy) is 1. The molecular weight excluding hydrogens is 428 g/mol. The summed E-state index contributed by atoms with van der Waals surface area (Å²) in [4.78, 5) is 29.0. The first-order chi connectivity index (χ1) is 16.6. The van der Waals surface area contributed by atoms with Crippen molar-refractivity contribution in [3.63, 3.8) is 0 Å². The van der Waals surface area contributed by atoms with Gasteiger partial charge in [-0.3, -0.25) is 19.9 Å². The van der Waals surface area contributed by atoms with Crippen molar-refractivity contribution in [3.8, 4) is 0 Å². The number of nitrogens with zero attached hydrogens (tertiary/aromatic N) is 2. The summed E-state index contributed by atoms with van der Waals surface area (Å²) in [5, 5.41) is 5.47. The van der Waals surface area contributed by atoms with E-state index in [1.807, 2.05) is 12.1 Å². The molecule has 3 aromatic carbocycles. The number of carbonyl (C=O) groups is 2. The van der Waals surface area contributed by atoms with Gasteiger partial charge < -0.3 is 10.1 Å². The summed E-state index contributed by atoms with van der Waals surface area (Å²) in [6.07, 6.45) is -0.578. The third-order valence-electron chi connectivity index (χ3n) is 5.89. The molecule has 176 valence electrons. The number of anilines is 2. The van der Waals surface area contributed by atoms with Crippen molar-refractivity contribution >= 4 is 23.4 Å². The first kappa shape index (κ1) is 23.5. The van der Waals surface area contributed by atoms with Crippen LogP contribution in [0.2, 0.25) is 0 Å². The third kappa shape index (κ3) is 6.66. The molecule has 0 aliphatic carbocycles. The highest BCUT2D eigenvalue weighted by molar-refractivity contribution is 6.05. The van der Waals surface area contributed by atoms with Gasteiger partial charge in [-0.2, -0.15) is 0 Å². The van der Waals surface area contributed by atoms with Crippen LogP contribution in [-0.2, 0) is 17.8 Å². The molecule has 4 rings (SSSR count). The Bertz CT molecular complexity index is 1090. The van der Waals surface area contributed by atoms with Gasteiger partial charge in [0.2, 0.25) is 0 Å². The molecule has 0 aromatic heterocycles. The van der Waals surface area contributed by atoms with E-state index in [1.165, 1.54) is 18.2 Å². The lowest BCUT2D eigenvalue weighted by atomic mass is 10.1. The van der Waals surface area contributed by atoms with Crippen LogP contribution < -0.4 is 10.6 Å². The summed E-state index contributed by atoms with van der Waals surface area (Å²) in [7, 11) is 1.29. The maximum absolute atomic E-state index is 12.6. The van der Waals surface area contributed by atoms with Gasteiger partial charge in [-0.15, -0.1) is 0 Å². The first-order valence-electron chi connectivity index (χ1n) is 11.4. The average molecular weight is 459 g/mol. The molecule has 3 aromatic rings. The summed E-state index contributed by atoms with van der Waals surface area (Å²) >= 11 is 0. The Morgan fingerprint density at radius 3 is 1.97 bits per heavy atom. The number of nitrogens with one attached hydrogen (secondary N) is 2. The lowest BCUT2D eigenvalue weighted by Crippen LogP contribution is -2.45. The Morgan fingerprint density at radius 1 is 0.735 bits per heavy atom. The molecule has 2 amide bonds. The maximum atomic E-state index is 12.6. The van der Waals surface area contributed by atoms with Gasteiger partial charge in [0.1, 0.15) is 0 Å². The van der Waals surface area contributed by atoms with Gasteiger partial charge in [0.15, 0.2) is 0 Å². The van der Waals surface area contributed by atoms with Gasteiger partial charge in [0.05, 0.1) is 7.11 Å². The molecule has 2 N–H and O–H groups in total. The lowest BCUT2D eigenvalue weighted by Gasteiger charge is -2.34. The van der Waals surface area contributed by atoms with Crippen molar-refractivity contribution < 1.29 is 14.3 Å². The molecule has 0 bridgehead atoms. The quantitative estimate of drug-likeness (QED) is 0.548. The third-order valence-corrected chi connectivity index (χ3v) is 5.89. The predicted molar refractivity (Wildman–Crippen MR) is 134 cm³/mol. The van der Waals surface area contributed by atoms with Crippen LogP contribution >= 0.6 is 0 Å². The minimum atomic E-state index is -0.578. The summed E-state index contributed by atoms with van der Waals surface area (Å²) < 4.78 is 4.59. The van der Waals surface area contributed by atoms with Crippen LogP contribution in [-0.4, -0.2) is 55.1 Å². The van der Waals surface area contributed by atoms with Crippen LogP contribution in [0.25, 0.3) is 0 Å². The van der Waals surface area contributed by atoms with E-state index in [1.54, 1.807) is 24.3 Å². The molecule has 1 heterocycles. The van der Waals surface area contributed by atoms with E-state index >= 15 is 0 Å². The lowest BCUT2D eigenvalue weighted by molar-refractivity contribution is 0.102. The van der Waals surface area contributed by atoms with Crippen LogP contribution in [0.3, 0.4) is 0 Å². The van der Waals surface area contributed by atoms with Crippen molar-refractivity contribution in [1.29, 1.82) is 0 Å². The van der Waals surface area contributed by atoms with Crippen LogP contribution in [0.15, 0.2) is 78.9 Å². The van der Waals surface area contributed by atoms with Crippen molar-refractivity contribution in [2.75, 3.05) is 43.9 Å². The molecule has 34 heavy (non-hydrogen) atoms. The molecule has 1 aliphatic rings. The summed E-state index contributed by atoms with van der Waals surface area (Å²) in [5.74, 6) is -0.240. The Kier molecular flexibility index (Phi) is 7.91. The maximum Gasteiger partial charge on any atom is 0.411 e. The zero-order valence-corrected chi connectivity index (χ0v) is 19.4. The number of amides is 2. The molecule has 1 saturated heterocycles. The van der Waals surface area contributed by atoms with E-state index in [0.29, 0.717) is 11.3 Å². The van der Waals surface area contributed by atoms with Gasteiger partial charge in [0.25, 0.3) is 5.91 Å². The van der Waals surface area contributed by atoms with E-state index in [4.69, 9.17) is 0 Å². The largest absolute Gasteiger partial charge is 0.453 e. The topological polar surface area (TPSA) is 73.9 Å². The van der Waals surface area contributed by atoms with Crippen molar-refractivity contribution in [2.45, 2.75) is 13.1 Å². The number of carbonyl (C=O) groups excluding carboxylic acids is 2. The Morgan fingerprint density at radius 2 is 1.35 bits per heavy atom. The molecular formula is C27H30N4O3. The van der Waals surface area contributed by atoms with Crippen LogP contribution in [0, 0.1) is 0 Å². The zero-order valence-electron chi connectivity index (χ0n) is 19.4. The summed E-state index contributed by atoms with van der Waals surface area (Å²) in [6.45, 7) is 6.11. The van der Waals surface area contributed by atoms with Gasteiger partial charge in [-0.05, 0) is 41.5 Å².